The Labute approximate surface area is 153 Å². The molecule has 2 nitrogen and oxygen atoms in total. The second kappa shape index (κ2) is 5.39. The van der Waals surface area contributed by atoms with Gasteiger partial charge in [-0.3, -0.25) is 9.59 Å². The van der Waals surface area contributed by atoms with Gasteiger partial charge in [-0.05, 0) is 55.8 Å². The van der Waals surface area contributed by atoms with Crippen LogP contribution in [-0.2, 0) is 9.59 Å². The summed E-state index contributed by atoms with van der Waals surface area (Å²) < 4.78 is -0.231. The van der Waals surface area contributed by atoms with E-state index in [1.54, 1.807) is 5.57 Å². The maximum Gasteiger partial charge on any atom is 0.163 e. The van der Waals surface area contributed by atoms with Crippen LogP contribution in [0.4, 0.5) is 0 Å². The zero-order chi connectivity index (χ0) is 16.5. The first-order valence-corrected chi connectivity index (χ1v) is 11.6. The summed E-state index contributed by atoms with van der Waals surface area (Å²) >= 11 is 3.73. The quantitative estimate of drug-likeness (QED) is 0.595. The molecule has 3 saturated carbocycles. The molecule has 1 aliphatic heterocycles. The number of allylic oxidation sites excluding steroid dienone is 1. The van der Waals surface area contributed by atoms with Crippen molar-refractivity contribution in [2.24, 2.45) is 29.1 Å². The molecule has 4 heteroatoms. The van der Waals surface area contributed by atoms with Crippen molar-refractivity contribution in [3.8, 4) is 0 Å². The van der Waals surface area contributed by atoms with Crippen LogP contribution in [0.3, 0.4) is 0 Å². The number of thioether (sulfide) groups is 2. The highest BCUT2D eigenvalue weighted by Gasteiger charge is 2.57. The maximum absolute atomic E-state index is 13.0. The Bertz CT molecular complexity index is 634. The molecule has 0 aromatic heterocycles. The molecular weight excluding hydrogens is 336 g/mol. The number of hydrogen-bond donors (Lipinski definition) is 0. The fourth-order valence-electron chi connectivity index (χ4n) is 6.60. The molecule has 5 atom stereocenters. The molecule has 0 bridgehead atoms. The van der Waals surface area contributed by atoms with Crippen molar-refractivity contribution < 1.29 is 9.59 Å². The summed E-state index contributed by atoms with van der Waals surface area (Å²) in [5.74, 6) is 5.63. The predicted octanol–water partition coefficient (Wildman–Crippen LogP) is 4.48. The molecule has 5 rings (SSSR count). The monoisotopic (exact) mass is 362 g/mol. The van der Waals surface area contributed by atoms with Crippen molar-refractivity contribution in [1.29, 1.82) is 0 Å². The van der Waals surface area contributed by atoms with E-state index >= 15 is 0 Å². The standard InChI is InChI=1S/C20H26O2S2/c1-19-7-6-13-14(16(19)4-5-17(19)21)3-2-12-11-20(23-8-9-24-20)18(22)10-15(12)13/h11,13-16H,2-10H2,1H3/t13-,14+,15-,16-,19-/m0/s1. The van der Waals surface area contributed by atoms with Gasteiger partial charge in [-0.25, -0.2) is 0 Å². The normalized spacial score (nSPS) is 46.5. The molecule has 4 aliphatic carbocycles. The van der Waals surface area contributed by atoms with Gasteiger partial charge in [0, 0.05) is 29.8 Å². The largest absolute Gasteiger partial charge is 0.299 e. The van der Waals surface area contributed by atoms with Gasteiger partial charge in [0.05, 0.1) is 0 Å². The Morgan fingerprint density at radius 2 is 1.79 bits per heavy atom. The lowest BCUT2D eigenvalue weighted by molar-refractivity contribution is -0.132. The minimum atomic E-state index is -0.231. The van der Waals surface area contributed by atoms with E-state index in [-0.39, 0.29) is 9.49 Å². The Morgan fingerprint density at radius 1 is 1.00 bits per heavy atom. The smallest absolute Gasteiger partial charge is 0.163 e. The molecule has 0 amide bonds. The van der Waals surface area contributed by atoms with E-state index in [1.165, 1.54) is 12.8 Å². The molecule has 5 aliphatic rings. The number of carbonyl (C=O) groups is 2. The van der Waals surface area contributed by atoms with E-state index in [0.29, 0.717) is 35.2 Å². The van der Waals surface area contributed by atoms with Gasteiger partial charge in [0.1, 0.15) is 9.86 Å². The van der Waals surface area contributed by atoms with Crippen LogP contribution in [0.5, 0.6) is 0 Å². The molecular formula is C20H26O2S2. The van der Waals surface area contributed by atoms with E-state index in [9.17, 15) is 9.59 Å². The number of Topliss-reactive ketones (excluding diaryl/α,β-unsaturated/α-hetero) is 2. The lowest BCUT2D eigenvalue weighted by atomic mass is 9.52. The minimum Gasteiger partial charge on any atom is -0.299 e. The molecule has 130 valence electrons. The average Bonchev–Trinajstić information content (AvgIpc) is 3.15. The van der Waals surface area contributed by atoms with Gasteiger partial charge in [0.15, 0.2) is 5.78 Å². The number of carbonyl (C=O) groups excluding carboxylic acids is 2. The van der Waals surface area contributed by atoms with Crippen molar-refractivity contribution >= 4 is 35.1 Å². The average molecular weight is 363 g/mol. The van der Waals surface area contributed by atoms with Crippen LogP contribution in [0.25, 0.3) is 0 Å². The van der Waals surface area contributed by atoms with E-state index < -0.39 is 0 Å². The van der Waals surface area contributed by atoms with E-state index in [1.807, 2.05) is 23.5 Å². The first-order chi connectivity index (χ1) is 11.5. The SMILES string of the molecule is C[C@]12CC[C@H]3[C@@H](CCC4=CC5(SCCS5)C(=O)C[C@@H]43)[C@@H]1CCC2=O. The second-order valence-corrected chi connectivity index (χ2v) is 11.6. The summed E-state index contributed by atoms with van der Waals surface area (Å²) in [7, 11) is 0. The lowest BCUT2D eigenvalue weighted by Gasteiger charge is -2.52. The maximum atomic E-state index is 13.0. The van der Waals surface area contributed by atoms with Crippen molar-refractivity contribution in [2.45, 2.75) is 55.9 Å². The van der Waals surface area contributed by atoms with Gasteiger partial charge in [-0.1, -0.05) is 18.6 Å². The third-order valence-electron chi connectivity index (χ3n) is 7.85. The van der Waals surface area contributed by atoms with E-state index in [0.717, 1.165) is 43.6 Å². The number of fused-ring (bicyclic) bond motifs is 5. The van der Waals surface area contributed by atoms with Gasteiger partial charge in [-0.15, -0.1) is 23.5 Å². The number of hydrogen-bond acceptors (Lipinski definition) is 4. The molecule has 1 spiro atoms. The molecule has 0 aromatic carbocycles. The topological polar surface area (TPSA) is 34.1 Å². The Balaban J connectivity index is 1.46. The summed E-state index contributed by atoms with van der Waals surface area (Å²) in [6.07, 6.45) is 9.69. The van der Waals surface area contributed by atoms with Crippen LogP contribution in [0, 0.1) is 29.1 Å². The van der Waals surface area contributed by atoms with Gasteiger partial charge < -0.3 is 0 Å². The Hall–Kier alpha value is -0.220. The zero-order valence-corrected chi connectivity index (χ0v) is 16.0. The molecule has 24 heavy (non-hydrogen) atoms. The van der Waals surface area contributed by atoms with Gasteiger partial charge >= 0.3 is 0 Å². The van der Waals surface area contributed by atoms with Gasteiger partial charge in [0.25, 0.3) is 0 Å². The molecule has 0 aromatic rings. The van der Waals surface area contributed by atoms with Gasteiger partial charge in [0.2, 0.25) is 0 Å². The fraction of sp³-hybridized carbons (Fsp3) is 0.800. The summed E-state index contributed by atoms with van der Waals surface area (Å²) in [6.45, 7) is 2.24. The minimum absolute atomic E-state index is 0.0422. The van der Waals surface area contributed by atoms with Crippen LogP contribution in [0.2, 0.25) is 0 Å². The first kappa shape index (κ1) is 16.0. The summed E-state index contributed by atoms with van der Waals surface area (Å²) in [6, 6.07) is 0. The van der Waals surface area contributed by atoms with E-state index in [2.05, 4.69) is 13.0 Å². The lowest BCUT2D eigenvalue weighted by Crippen LogP contribution is -2.48. The number of ketones is 2. The van der Waals surface area contributed by atoms with Gasteiger partial charge in [-0.2, -0.15) is 0 Å². The molecule has 0 N–H and O–H groups in total. The third-order valence-corrected chi connectivity index (χ3v) is 11.2. The Kier molecular flexibility index (Phi) is 3.59. The van der Waals surface area contributed by atoms with Crippen molar-refractivity contribution in [1.82, 2.24) is 0 Å². The first-order valence-electron chi connectivity index (χ1n) is 9.60. The fourth-order valence-corrected chi connectivity index (χ4v) is 9.66. The molecule has 1 heterocycles. The second-order valence-electron chi connectivity index (χ2n) is 8.71. The molecule has 0 unspecified atom stereocenters. The summed E-state index contributed by atoms with van der Waals surface area (Å²) in [4.78, 5) is 25.4. The highest BCUT2D eigenvalue weighted by Crippen LogP contribution is 2.62. The molecule has 4 fully saturated rings. The highest BCUT2D eigenvalue weighted by atomic mass is 32.2. The third kappa shape index (κ3) is 2.05. The summed E-state index contributed by atoms with van der Waals surface area (Å²) in [5.41, 5.74) is 1.55. The van der Waals surface area contributed by atoms with Crippen LogP contribution in [0.1, 0.15) is 51.9 Å². The van der Waals surface area contributed by atoms with E-state index in [4.69, 9.17) is 0 Å². The van der Waals surface area contributed by atoms with Crippen LogP contribution in [-0.4, -0.2) is 27.2 Å². The Morgan fingerprint density at radius 3 is 2.58 bits per heavy atom. The molecule has 0 radical (unpaired) electrons. The van der Waals surface area contributed by atoms with Crippen molar-refractivity contribution in [3.63, 3.8) is 0 Å². The predicted molar refractivity (Wildman–Crippen MR) is 100 cm³/mol. The van der Waals surface area contributed by atoms with Crippen LogP contribution in [0.15, 0.2) is 11.6 Å². The van der Waals surface area contributed by atoms with Crippen molar-refractivity contribution in [2.75, 3.05) is 11.5 Å². The zero-order valence-electron chi connectivity index (χ0n) is 14.4. The summed E-state index contributed by atoms with van der Waals surface area (Å²) in [5, 5.41) is 0. The number of rotatable bonds is 0. The highest BCUT2D eigenvalue weighted by molar-refractivity contribution is 8.22. The van der Waals surface area contributed by atoms with Crippen LogP contribution < -0.4 is 0 Å². The van der Waals surface area contributed by atoms with Crippen LogP contribution >= 0.6 is 23.5 Å². The van der Waals surface area contributed by atoms with Crippen molar-refractivity contribution in [3.05, 3.63) is 11.6 Å². The molecule has 1 saturated heterocycles.